The SMILES string of the molecule is Cc1ccc(CC(=O)Cc2sccc2Br)cc1. The molecule has 1 nitrogen and oxygen atoms in total. The van der Waals surface area contributed by atoms with Gasteiger partial charge in [-0.3, -0.25) is 4.79 Å². The van der Waals surface area contributed by atoms with E-state index in [0.29, 0.717) is 12.8 Å². The molecule has 0 saturated carbocycles. The zero-order chi connectivity index (χ0) is 12.3. The van der Waals surface area contributed by atoms with Crippen LogP contribution in [0, 0.1) is 6.92 Å². The molecule has 0 atom stereocenters. The molecule has 0 radical (unpaired) electrons. The van der Waals surface area contributed by atoms with E-state index < -0.39 is 0 Å². The van der Waals surface area contributed by atoms with Crippen LogP contribution in [-0.2, 0) is 17.6 Å². The Balaban J connectivity index is 1.98. The van der Waals surface area contributed by atoms with Gasteiger partial charge in [-0.2, -0.15) is 0 Å². The van der Waals surface area contributed by atoms with Crippen LogP contribution in [0.25, 0.3) is 0 Å². The van der Waals surface area contributed by atoms with Crippen molar-refractivity contribution in [2.45, 2.75) is 19.8 Å². The molecule has 0 aliphatic heterocycles. The second kappa shape index (κ2) is 5.61. The average molecular weight is 309 g/mol. The molecule has 0 N–H and O–H groups in total. The topological polar surface area (TPSA) is 17.1 Å². The number of Topliss-reactive ketones (excluding diaryl/α,β-unsaturated/α-hetero) is 1. The Labute approximate surface area is 114 Å². The molecule has 0 aliphatic carbocycles. The van der Waals surface area contributed by atoms with E-state index in [9.17, 15) is 4.79 Å². The van der Waals surface area contributed by atoms with E-state index in [1.54, 1.807) is 11.3 Å². The van der Waals surface area contributed by atoms with Gasteiger partial charge in [-0.25, -0.2) is 0 Å². The van der Waals surface area contributed by atoms with Gasteiger partial charge < -0.3 is 0 Å². The smallest absolute Gasteiger partial charge is 0.142 e. The van der Waals surface area contributed by atoms with Crippen LogP contribution in [0.1, 0.15) is 16.0 Å². The minimum atomic E-state index is 0.261. The normalized spacial score (nSPS) is 10.5. The second-order valence-corrected chi connectivity index (χ2v) is 5.92. The number of carbonyl (C=O) groups is 1. The summed E-state index contributed by atoms with van der Waals surface area (Å²) in [6, 6.07) is 10.1. The van der Waals surface area contributed by atoms with E-state index in [1.165, 1.54) is 5.56 Å². The van der Waals surface area contributed by atoms with Crippen molar-refractivity contribution in [1.82, 2.24) is 0 Å². The van der Waals surface area contributed by atoms with Gasteiger partial charge in [0.25, 0.3) is 0 Å². The Morgan fingerprint density at radius 2 is 1.88 bits per heavy atom. The number of ketones is 1. The molecule has 0 unspecified atom stereocenters. The molecule has 0 aliphatic rings. The lowest BCUT2D eigenvalue weighted by atomic mass is 10.1. The number of carbonyl (C=O) groups excluding carboxylic acids is 1. The maximum absolute atomic E-state index is 11.9. The maximum atomic E-state index is 11.9. The number of aryl methyl sites for hydroxylation is 1. The summed E-state index contributed by atoms with van der Waals surface area (Å²) in [5.74, 6) is 0.261. The van der Waals surface area contributed by atoms with E-state index in [4.69, 9.17) is 0 Å². The highest BCUT2D eigenvalue weighted by atomic mass is 79.9. The minimum Gasteiger partial charge on any atom is -0.299 e. The van der Waals surface area contributed by atoms with Gasteiger partial charge >= 0.3 is 0 Å². The quantitative estimate of drug-likeness (QED) is 0.828. The predicted molar refractivity (Wildman–Crippen MR) is 75.6 cm³/mol. The van der Waals surface area contributed by atoms with Gasteiger partial charge in [0.15, 0.2) is 0 Å². The number of hydrogen-bond donors (Lipinski definition) is 0. The summed E-state index contributed by atoms with van der Waals surface area (Å²) in [6.45, 7) is 2.05. The molecular formula is C14H13BrOS. The Morgan fingerprint density at radius 1 is 1.18 bits per heavy atom. The van der Waals surface area contributed by atoms with Crippen LogP contribution in [0.5, 0.6) is 0 Å². The molecule has 3 heteroatoms. The molecule has 1 heterocycles. The summed E-state index contributed by atoms with van der Waals surface area (Å²) in [7, 11) is 0. The lowest BCUT2D eigenvalue weighted by Crippen LogP contribution is -2.05. The van der Waals surface area contributed by atoms with Crippen molar-refractivity contribution in [3.8, 4) is 0 Å². The Hall–Kier alpha value is -0.930. The van der Waals surface area contributed by atoms with Crippen LogP contribution in [0.15, 0.2) is 40.2 Å². The molecular weight excluding hydrogens is 296 g/mol. The second-order valence-electron chi connectivity index (χ2n) is 4.07. The van der Waals surface area contributed by atoms with Crippen molar-refractivity contribution >= 4 is 33.0 Å². The number of rotatable bonds is 4. The van der Waals surface area contributed by atoms with Crippen LogP contribution < -0.4 is 0 Å². The van der Waals surface area contributed by atoms with Crippen LogP contribution >= 0.6 is 27.3 Å². The minimum absolute atomic E-state index is 0.261. The third-order valence-electron chi connectivity index (χ3n) is 2.57. The summed E-state index contributed by atoms with van der Waals surface area (Å²) in [5.41, 5.74) is 2.32. The fraction of sp³-hybridized carbons (Fsp3) is 0.214. The molecule has 2 rings (SSSR count). The van der Waals surface area contributed by atoms with Crippen LogP contribution in [0.4, 0.5) is 0 Å². The number of benzene rings is 1. The first-order valence-corrected chi connectivity index (χ1v) is 7.11. The first kappa shape index (κ1) is 12.5. The fourth-order valence-corrected chi connectivity index (χ4v) is 3.15. The largest absolute Gasteiger partial charge is 0.299 e. The van der Waals surface area contributed by atoms with Crippen molar-refractivity contribution in [3.05, 3.63) is 56.2 Å². The van der Waals surface area contributed by atoms with Gasteiger partial charge in [0.1, 0.15) is 5.78 Å². The van der Waals surface area contributed by atoms with Gasteiger partial charge in [0.2, 0.25) is 0 Å². The Kier molecular flexibility index (Phi) is 4.13. The highest BCUT2D eigenvalue weighted by molar-refractivity contribution is 9.10. The summed E-state index contributed by atoms with van der Waals surface area (Å²) in [6.07, 6.45) is 1.04. The molecule has 2 aromatic rings. The molecule has 17 heavy (non-hydrogen) atoms. The van der Waals surface area contributed by atoms with Gasteiger partial charge in [-0.15, -0.1) is 11.3 Å². The summed E-state index contributed by atoms with van der Waals surface area (Å²) in [5, 5.41) is 2.00. The number of hydrogen-bond acceptors (Lipinski definition) is 2. The van der Waals surface area contributed by atoms with Crippen molar-refractivity contribution in [3.63, 3.8) is 0 Å². The molecule has 88 valence electrons. The number of thiophene rings is 1. The van der Waals surface area contributed by atoms with Crippen molar-refractivity contribution in [2.24, 2.45) is 0 Å². The third kappa shape index (κ3) is 3.51. The monoisotopic (exact) mass is 308 g/mol. The van der Waals surface area contributed by atoms with Crippen molar-refractivity contribution < 1.29 is 4.79 Å². The summed E-state index contributed by atoms with van der Waals surface area (Å²) >= 11 is 5.07. The molecule has 0 spiro atoms. The maximum Gasteiger partial charge on any atom is 0.142 e. The average Bonchev–Trinajstić information content (AvgIpc) is 2.68. The molecule has 0 amide bonds. The number of halogens is 1. The van der Waals surface area contributed by atoms with E-state index in [1.807, 2.05) is 42.6 Å². The zero-order valence-corrected chi connectivity index (χ0v) is 12.0. The first-order chi connectivity index (χ1) is 8.15. The molecule has 0 fully saturated rings. The van der Waals surface area contributed by atoms with E-state index in [0.717, 1.165) is 14.9 Å². The van der Waals surface area contributed by atoms with Crippen molar-refractivity contribution in [2.75, 3.05) is 0 Å². The standard InChI is InChI=1S/C14H13BrOS/c1-10-2-4-11(5-3-10)8-12(16)9-14-13(15)6-7-17-14/h2-7H,8-9H2,1H3. The zero-order valence-electron chi connectivity index (χ0n) is 9.57. The Morgan fingerprint density at radius 3 is 2.47 bits per heavy atom. The Bertz CT molecular complexity index is 513. The van der Waals surface area contributed by atoms with Gasteiger partial charge in [0.05, 0.1) is 0 Å². The lowest BCUT2D eigenvalue weighted by Gasteiger charge is -2.01. The van der Waals surface area contributed by atoms with E-state index in [2.05, 4.69) is 15.9 Å². The highest BCUT2D eigenvalue weighted by Crippen LogP contribution is 2.23. The van der Waals surface area contributed by atoms with Crippen LogP contribution in [0.3, 0.4) is 0 Å². The molecule has 0 saturated heterocycles. The van der Waals surface area contributed by atoms with Gasteiger partial charge in [-0.05, 0) is 39.9 Å². The van der Waals surface area contributed by atoms with Gasteiger partial charge in [-0.1, -0.05) is 29.8 Å². The summed E-state index contributed by atoms with van der Waals surface area (Å²) < 4.78 is 1.04. The van der Waals surface area contributed by atoms with E-state index in [-0.39, 0.29) is 5.78 Å². The summed E-state index contributed by atoms with van der Waals surface area (Å²) in [4.78, 5) is 13.0. The van der Waals surface area contributed by atoms with Crippen LogP contribution in [-0.4, -0.2) is 5.78 Å². The molecule has 1 aromatic carbocycles. The molecule has 1 aromatic heterocycles. The fourth-order valence-electron chi connectivity index (χ4n) is 1.63. The predicted octanol–water partition coefficient (Wildman–Crippen LogP) is 4.17. The first-order valence-electron chi connectivity index (χ1n) is 5.44. The van der Waals surface area contributed by atoms with Gasteiger partial charge in [0, 0.05) is 22.2 Å². The van der Waals surface area contributed by atoms with Crippen molar-refractivity contribution in [1.29, 1.82) is 0 Å². The highest BCUT2D eigenvalue weighted by Gasteiger charge is 2.08. The van der Waals surface area contributed by atoms with Crippen LogP contribution in [0.2, 0.25) is 0 Å². The lowest BCUT2D eigenvalue weighted by molar-refractivity contribution is -0.117. The molecule has 0 bridgehead atoms. The van der Waals surface area contributed by atoms with E-state index >= 15 is 0 Å². The third-order valence-corrected chi connectivity index (χ3v) is 4.50.